The zero-order valence-electron chi connectivity index (χ0n) is 14.4. The van der Waals surface area contributed by atoms with E-state index in [-0.39, 0.29) is 24.6 Å². The van der Waals surface area contributed by atoms with Gasteiger partial charge in [0.25, 0.3) is 0 Å². The van der Waals surface area contributed by atoms with Gasteiger partial charge in [-0.3, -0.25) is 19.6 Å². The molecule has 1 aromatic carbocycles. The third kappa shape index (κ3) is 4.87. The van der Waals surface area contributed by atoms with Crippen LogP contribution in [0.25, 0.3) is 0 Å². The van der Waals surface area contributed by atoms with Gasteiger partial charge in [-0.1, -0.05) is 24.3 Å². The molecule has 0 aliphatic rings. The van der Waals surface area contributed by atoms with E-state index in [4.69, 9.17) is 5.11 Å². The van der Waals surface area contributed by atoms with Gasteiger partial charge < -0.3 is 10.4 Å². The van der Waals surface area contributed by atoms with Crippen LogP contribution >= 0.6 is 0 Å². The number of benzene rings is 1. The van der Waals surface area contributed by atoms with Crippen molar-refractivity contribution in [2.24, 2.45) is 0 Å². The Balaban J connectivity index is 1.79. The summed E-state index contributed by atoms with van der Waals surface area (Å²) in [5.41, 5.74) is 2.75. The zero-order chi connectivity index (χ0) is 18.4. The maximum absolute atomic E-state index is 11.9. The van der Waals surface area contributed by atoms with Gasteiger partial charge in [-0.2, -0.15) is 5.10 Å². The van der Waals surface area contributed by atoms with Crippen LogP contribution in [0.3, 0.4) is 0 Å². The van der Waals surface area contributed by atoms with E-state index in [0.717, 1.165) is 11.1 Å². The van der Waals surface area contributed by atoms with Gasteiger partial charge >= 0.3 is 5.69 Å². The minimum atomic E-state index is -0.448. The topological polar surface area (TPSA) is 110 Å². The molecule has 0 bridgehead atoms. The Morgan fingerprint density at radius 3 is 2.48 bits per heavy atom. The number of aliphatic hydroxyl groups is 1. The number of aryl methyl sites for hydroxylation is 2. The van der Waals surface area contributed by atoms with Crippen molar-refractivity contribution in [1.82, 2.24) is 15.1 Å². The normalized spacial score (nSPS) is 10.7. The van der Waals surface area contributed by atoms with Crippen molar-refractivity contribution in [3.8, 4) is 0 Å². The number of nitrogens with one attached hydrogen (secondary N) is 1. The number of carbonyl (C=O) groups excluding carboxylic acids is 1. The molecule has 1 aromatic heterocycles. The molecule has 134 valence electrons. The summed E-state index contributed by atoms with van der Waals surface area (Å²) in [6, 6.07) is 7.55. The van der Waals surface area contributed by atoms with E-state index in [1.165, 1.54) is 4.68 Å². The molecule has 0 radical (unpaired) electrons. The Morgan fingerprint density at radius 2 is 1.92 bits per heavy atom. The Labute approximate surface area is 145 Å². The number of aromatic nitrogens is 2. The van der Waals surface area contributed by atoms with Gasteiger partial charge in [0, 0.05) is 13.0 Å². The molecular formula is C17H22N4O4. The minimum Gasteiger partial charge on any atom is -0.392 e. The number of aliphatic hydroxyl groups excluding tert-OH is 1. The van der Waals surface area contributed by atoms with Crippen LogP contribution in [0.15, 0.2) is 24.3 Å². The first-order valence-corrected chi connectivity index (χ1v) is 8.06. The van der Waals surface area contributed by atoms with Crippen LogP contribution in [0.1, 0.15) is 28.9 Å². The first-order valence-electron chi connectivity index (χ1n) is 8.06. The summed E-state index contributed by atoms with van der Waals surface area (Å²) in [5, 5.41) is 26.9. The van der Waals surface area contributed by atoms with Crippen molar-refractivity contribution in [2.45, 2.75) is 39.8 Å². The summed E-state index contributed by atoms with van der Waals surface area (Å²) < 4.78 is 1.50. The van der Waals surface area contributed by atoms with Gasteiger partial charge in [0.15, 0.2) is 0 Å². The maximum Gasteiger partial charge on any atom is 0.312 e. The molecule has 25 heavy (non-hydrogen) atoms. The van der Waals surface area contributed by atoms with Crippen LogP contribution in [0.5, 0.6) is 0 Å². The molecular weight excluding hydrogens is 324 g/mol. The third-order valence-electron chi connectivity index (χ3n) is 4.02. The van der Waals surface area contributed by atoms with Crippen molar-refractivity contribution in [3.05, 3.63) is 56.9 Å². The SMILES string of the molecule is Cc1nn(CCC(=O)NCCc2ccc(CO)cc2)c(C)c1[N+](=O)[O-]. The van der Waals surface area contributed by atoms with E-state index >= 15 is 0 Å². The predicted molar refractivity (Wildman–Crippen MR) is 92.1 cm³/mol. The van der Waals surface area contributed by atoms with Crippen molar-refractivity contribution in [2.75, 3.05) is 6.54 Å². The quantitative estimate of drug-likeness (QED) is 0.558. The number of rotatable bonds is 8. The van der Waals surface area contributed by atoms with Crippen LogP contribution in [-0.4, -0.2) is 32.3 Å². The third-order valence-corrected chi connectivity index (χ3v) is 4.02. The molecule has 0 saturated carbocycles. The first kappa shape index (κ1) is 18.6. The van der Waals surface area contributed by atoms with E-state index in [0.29, 0.717) is 30.9 Å². The van der Waals surface area contributed by atoms with E-state index in [1.807, 2.05) is 24.3 Å². The lowest BCUT2D eigenvalue weighted by Crippen LogP contribution is -2.26. The molecule has 0 spiro atoms. The number of nitrogens with zero attached hydrogens (tertiary/aromatic N) is 3. The van der Waals surface area contributed by atoms with Crippen LogP contribution in [0, 0.1) is 24.0 Å². The number of hydrogen-bond acceptors (Lipinski definition) is 5. The summed E-state index contributed by atoms with van der Waals surface area (Å²) in [4.78, 5) is 22.4. The first-order chi connectivity index (χ1) is 11.9. The minimum absolute atomic E-state index is 0.00624. The van der Waals surface area contributed by atoms with E-state index < -0.39 is 4.92 Å². The molecule has 2 rings (SSSR count). The fourth-order valence-electron chi connectivity index (χ4n) is 2.62. The number of nitro groups is 1. The zero-order valence-corrected chi connectivity index (χ0v) is 14.4. The van der Waals surface area contributed by atoms with Crippen molar-refractivity contribution < 1.29 is 14.8 Å². The number of carbonyl (C=O) groups is 1. The van der Waals surface area contributed by atoms with Gasteiger partial charge in [0.2, 0.25) is 5.91 Å². The largest absolute Gasteiger partial charge is 0.392 e. The Kier molecular flexibility index (Phi) is 6.24. The highest BCUT2D eigenvalue weighted by Gasteiger charge is 2.21. The van der Waals surface area contributed by atoms with E-state index in [9.17, 15) is 14.9 Å². The highest BCUT2D eigenvalue weighted by atomic mass is 16.6. The predicted octanol–water partition coefficient (Wildman–Crippen LogP) is 1.65. The summed E-state index contributed by atoms with van der Waals surface area (Å²) in [5.74, 6) is -0.123. The Bertz CT molecular complexity index is 753. The van der Waals surface area contributed by atoms with Crippen molar-refractivity contribution >= 4 is 11.6 Å². The molecule has 2 aromatic rings. The lowest BCUT2D eigenvalue weighted by molar-refractivity contribution is -0.386. The fourth-order valence-corrected chi connectivity index (χ4v) is 2.62. The van der Waals surface area contributed by atoms with Gasteiger partial charge in [0.1, 0.15) is 11.4 Å². The maximum atomic E-state index is 11.9. The fraction of sp³-hybridized carbons (Fsp3) is 0.412. The lowest BCUT2D eigenvalue weighted by atomic mass is 10.1. The lowest BCUT2D eigenvalue weighted by Gasteiger charge is -2.07. The van der Waals surface area contributed by atoms with E-state index in [2.05, 4.69) is 10.4 Å². The van der Waals surface area contributed by atoms with Crippen LogP contribution in [-0.2, 0) is 24.4 Å². The highest BCUT2D eigenvalue weighted by Crippen LogP contribution is 2.21. The Hall–Kier alpha value is -2.74. The number of hydrogen-bond donors (Lipinski definition) is 2. The summed E-state index contributed by atoms with van der Waals surface area (Å²) in [6.45, 7) is 4.05. The van der Waals surface area contributed by atoms with Crippen LogP contribution in [0.2, 0.25) is 0 Å². The van der Waals surface area contributed by atoms with Crippen LogP contribution in [0.4, 0.5) is 5.69 Å². The molecule has 1 heterocycles. The summed E-state index contributed by atoms with van der Waals surface area (Å²) >= 11 is 0. The second kappa shape index (κ2) is 8.39. The van der Waals surface area contributed by atoms with Crippen molar-refractivity contribution in [1.29, 1.82) is 0 Å². The monoisotopic (exact) mass is 346 g/mol. The molecule has 8 heteroatoms. The standard InChI is InChI=1S/C17H22N4O4/c1-12-17(21(24)25)13(2)20(19-12)10-8-16(23)18-9-7-14-3-5-15(11-22)6-4-14/h3-6,22H,7-11H2,1-2H3,(H,18,23). The second-order valence-corrected chi connectivity index (χ2v) is 5.82. The van der Waals surface area contributed by atoms with Gasteiger partial charge in [-0.05, 0) is 31.4 Å². The average molecular weight is 346 g/mol. The summed E-state index contributed by atoms with van der Waals surface area (Å²) in [7, 11) is 0. The molecule has 0 aliphatic carbocycles. The summed E-state index contributed by atoms with van der Waals surface area (Å²) in [6.07, 6.45) is 0.908. The smallest absolute Gasteiger partial charge is 0.312 e. The second-order valence-electron chi connectivity index (χ2n) is 5.82. The van der Waals surface area contributed by atoms with E-state index in [1.54, 1.807) is 13.8 Å². The molecule has 1 amide bonds. The Morgan fingerprint density at radius 1 is 1.28 bits per heavy atom. The molecule has 0 unspecified atom stereocenters. The highest BCUT2D eigenvalue weighted by molar-refractivity contribution is 5.75. The molecule has 0 fully saturated rings. The molecule has 2 N–H and O–H groups in total. The molecule has 0 aliphatic heterocycles. The average Bonchev–Trinajstić information content (AvgIpc) is 2.87. The molecule has 0 saturated heterocycles. The van der Waals surface area contributed by atoms with Gasteiger partial charge in [-0.25, -0.2) is 0 Å². The van der Waals surface area contributed by atoms with Gasteiger partial charge in [-0.15, -0.1) is 0 Å². The molecule has 8 nitrogen and oxygen atoms in total. The number of amides is 1. The molecule has 0 atom stereocenters. The van der Waals surface area contributed by atoms with Crippen LogP contribution < -0.4 is 5.32 Å². The van der Waals surface area contributed by atoms with Gasteiger partial charge in [0.05, 0.1) is 18.1 Å². The van der Waals surface area contributed by atoms with Crippen molar-refractivity contribution in [3.63, 3.8) is 0 Å².